The Hall–Kier alpha value is -3.14. The Balaban J connectivity index is 2.08. The van der Waals surface area contributed by atoms with Gasteiger partial charge in [0.1, 0.15) is 16.9 Å². The number of aromatic nitrogens is 4. The molecule has 2 heterocycles. The van der Waals surface area contributed by atoms with Crippen molar-refractivity contribution >= 4 is 5.82 Å². The summed E-state index contributed by atoms with van der Waals surface area (Å²) in [6, 6.07) is 11.7. The van der Waals surface area contributed by atoms with Crippen LogP contribution in [-0.2, 0) is 5.41 Å². The highest BCUT2D eigenvalue weighted by Gasteiger charge is 2.29. The van der Waals surface area contributed by atoms with Gasteiger partial charge in [0.25, 0.3) is 0 Å². The van der Waals surface area contributed by atoms with Gasteiger partial charge in [-0.1, -0.05) is 23.4 Å². The molecular weight excluding hydrogens is 292 g/mol. The summed E-state index contributed by atoms with van der Waals surface area (Å²) in [6.07, 6.45) is 0. The Morgan fingerprint density at radius 3 is 2.61 bits per heavy atom. The second kappa shape index (κ2) is 5.25. The van der Waals surface area contributed by atoms with Crippen LogP contribution in [0.3, 0.4) is 0 Å². The van der Waals surface area contributed by atoms with Crippen LogP contribution in [0.2, 0.25) is 0 Å². The molecule has 0 saturated heterocycles. The molecule has 2 N–H and O–H groups in total. The van der Waals surface area contributed by atoms with E-state index in [1.54, 1.807) is 18.5 Å². The van der Waals surface area contributed by atoms with E-state index in [9.17, 15) is 0 Å². The van der Waals surface area contributed by atoms with Gasteiger partial charge in [-0.3, -0.25) is 0 Å². The molecule has 3 rings (SSSR count). The normalized spacial score (nSPS) is 11.4. The number of para-hydroxylation sites is 1. The van der Waals surface area contributed by atoms with Gasteiger partial charge >= 0.3 is 0 Å². The van der Waals surface area contributed by atoms with Gasteiger partial charge in [0, 0.05) is 5.56 Å². The average Bonchev–Trinajstić information content (AvgIpc) is 3.15. The minimum atomic E-state index is -0.854. The molecule has 0 bridgehead atoms. The molecule has 0 radical (unpaired) electrons. The molecule has 116 valence electrons. The number of rotatable bonds is 3. The lowest BCUT2D eigenvalue weighted by atomic mass is 9.96. The van der Waals surface area contributed by atoms with Gasteiger partial charge in [-0.25, -0.2) is 4.68 Å². The average molecular weight is 308 g/mol. The SMILES string of the molecule is Cc1c(-c2noc(C(C)(C)C#N)n2)nn(-c2ccccc2)c1N. The van der Waals surface area contributed by atoms with E-state index in [2.05, 4.69) is 21.3 Å². The molecule has 23 heavy (non-hydrogen) atoms. The number of nitrogen functional groups attached to an aromatic ring is 1. The minimum absolute atomic E-state index is 0.252. The predicted molar refractivity (Wildman–Crippen MR) is 84.6 cm³/mol. The zero-order valence-electron chi connectivity index (χ0n) is 13.1. The van der Waals surface area contributed by atoms with Crippen LogP contribution in [0.25, 0.3) is 17.2 Å². The summed E-state index contributed by atoms with van der Waals surface area (Å²) in [4.78, 5) is 4.30. The smallest absolute Gasteiger partial charge is 0.246 e. The number of anilines is 1. The fourth-order valence-corrected chi connectivity index (χ4v) is 2.11. The fourth-order valence-electron chi connectivity index (χ4n) is 2.11. The number of hydrogen-bond acceptors (Lipinski definition) is 6. The Morgan fingerprint density at radius 1 is 1.26 bits per heavy atom. The van der Waals surface area contributed by atoms with Gasteiger partial charge in [0.2, 0.25) is 11.7 Å². The maximum Gasteiger partial charge on any atom is 0.246 e. The first-order chi connectivity index (χ1) is 10.9. The predicted octanol–water partition coefficient (Wildman–Crippen LogP) is 2.61. The molecule has 0 unspecified atom stereocenters. The second-order valence-corrected chi connectivity index (χ2v) is 5.77. The van der Waals surface area contributed by atoms with Crippen molar-refractivity contribution in [1.29, 1.82) is 5.26 Å². The maximum absolute atomic E-state index is 9.16. The van der Waals surface area contributed by atoms with E-state index in [1.807, 2.05) is 37.3 Å². The van der Waals surface area contributed by atoms with Crippen molar-refractivity contribution in [3.8, 4) is 23.3 Å². The molecule has 3 aromatic rings. The van der Waals surface area contributed by atoms with Crippen LogP contribution in [0.4, 0.5) is 5.82 Å². The summed E-state index contributed by atoms with van der Waals surface area (Å²) in [6.45, 7) is 5.28. The van der Waals surface area contributed by atoms with E-state index in [1.165, 1.54) is 0 Å². The molecule has 7 heteroatoms. The third-order valence-corrected chi connectivity index (χ3v) is 3.62. The van der Waals surface area contributed by atoms with Crippen LogP contribution in [0, 0.1) is 18.3 Å². The fraction of sp³-hybridized carbons (Fsp3) is 0.250. The molecule has 0 spiro atoms. The highest BCUT2D eigenvalue weighted by molar-refractivity contribution is 5.64. The van der Waals surface area contributed by atoms with E-state index >= 15 is 0 Å². The molecule has 0 aliphatic rings. The summed E-state index contributed by atoms with van der Waals surface area (Å²) in [5.41, 5.74) is 7.44. The zero-order valence-corrected chi connectivity index (χ0v) is 13.1. The lowest BCUT2D eigenvalue weighted by molar-refractivity contribution is 0.340. The van der Waals surface area contributed by atoms with Gasteiger partial charge in [-0.2, -0.15) is 15.3 Å². The van der Waals surface area contributed by atoms with Gasteiger partial charge in [0.15, 0.2) is 0 Å². The van der Waals surface area contributed by atoms with Crippen molar-refractivity contribution in [1.82, 2.24) is 19.9 Å². The summed E-state index contributed by atoms with van der Waals surface area (Å²) in [5, 5.41) is 17.6. The Labute approximate surface area is 133 Å². The molecule has 0 fully saturated rings. The lowest BCUT2D eigenvalue weighted by Crippen LogP contribution is -2.14. The number of hydrogen-bond donors (Lipinski definition) is 1. The minimum Gasteiger partial charge on any atom is -0.383 e. The first kappa shape index (κ1) is 14.8. The molecule has 1 aromatic carbocycles. The number of nitriles is 1. The maximum atomic E-state index is 9.16. The van der Waals surface area contributed by atoms with Gasteiger partial charge in [-0.15, -0.1) is 0 Å². The van der Waals surface area contributed by atoms with Crippen LogP contribution in [-0.4, -0.2) is 19.9 Å². The summed E-state index contributed by atoms with van der Waals surface area (Å²) < 4.78 is 6.85. The van der Waals surface area contributed by atoms with Crippen molar-refractivity contribution in [2.45, 2.75) is 26.2 Å². The van der Waals surface area contributed by atoms with Crippen LogP contribution >= 0.6 is 0 Å². The van der Waals surface area contributed by atoms with E-state index in [0.717, 1.165) is 11.3 Å². The van der Waals surface area contributed by atoms with Crippen molar-refractivity contribution in [3.05, 3.63) is 41.8 Å². The highest BCUT2D eigenvalue weighted by atomic mass is 16.5. The van der Waals surface area contributed by atoms with Gasteiger partial charge in [-0.05, 0) is 32.9 Å². The van der Waals surface area contributed by atoms with Crippen molar-refractivity contribution in [2.24, 2.45) is 0 Å². The first-order valence-electron chi connectivity index (χ1n) is 7.10. The quantitative estimate of drug-likeness (QED) is 0.797. The van der Waals surface area contributed by atoms with Gasteiger partial charge < -0.3 is 10.3 Å². The summed E-state index contributed by atoms with van der Waals surface area (Å²) in [5.74, 6) is 1.08. The van der Waals surface area contributed by atoms with Gasteiger partial charge in [0.05, 0.1) is 11.8 Å². The number of nitrogens with two attached hydrogens (primary N) is 1. The molecule has 0 saturated carbocycles. The van der Waals surface area contributed by atoms with E-state index in [0.29, 0.717) is 17.3 Å². The van der Waals surface area contributed by atoms with Crippen molar-refractivity contribution in [3.63, 3.8) is 0 Å². The highest BCUT2D eigenvalue weighted by Crippen LogP contribution is 2.28. The zero-order chi connectivity index (χ0) is 16.6. The van der Waals surface area contributed by atoms with Crippen LogP contribution < -0.4 is 5.73 Å². The standard InChI is InChI=1S/C16H16N6O/c1-10-12(14-19-15(23-21-14)16(2,3)9-17)20-22(13(10)18)11-7-5-4-6-8-11/h4-8H,18H2,1-3H3. The number of benzene rings is 1. The monoisotopic (exact) mass is 308 g/mol. The molecule has 0 amide bonds. The summed E-state index contributed by atoms with van der Waals surface area (Å²) in [7, 11) is 0. The molecular formula is C16H16N6O. The van der Waals surface area contributed by atoms with E-state index in [4.69, 9.17) is 15.5 Å². The third-order valence-electron chi connectivity index (χ3n) is 3.62. The molecule has 0 aliphatic heterocycles. The summed E-state index contributed by atoms with van der Waals surface area (Å²) >= 11 is 0. The van der Waals surface area contributed by atoms with Crippen LogP contribution in [0.1, 0.15) is 25.3 Å². The van der Waals surface area contributed by atoms with E-state index in [-0.39, 0.29) is 5.89 Å². The number of nitrogens with zero attached hydrogens (tertiary/aromatic N) is 5. The third kappa shape index (κ3) is 2.44. The van der Waals surface area contributed by atoms with Crippen LogP contribution in [0.5, 0.6) is 0 Å². The van der Waals surface area contributed by atoms with Crippen LogP contribution in [0.15, 0.2) is 34.9 Å². The van der Waals surface area contributed by atoms with E-state index < -0.39 is 5.41 Å². The van der Waals surface area contributed by atoms with Crippen molar-refractivity contribution in [2.75, 3.05) is 5.73 Å². The van der Waals surface area contributed by atoms with Crippen molar-refractivity contribution < 1.29 is 4.52 Å². The Bertz CT molecular complexity index is 885. The lowest BCUT2D eigenvalue weighted by Gasteiger charge is -2.06. The largest absolute Gasteiger partial charge is 0.383 e. The second-order valence-electron chi connectivity index (χ2n) is 5.77. The first-order valence-corrected chi connectivity index (χ1v) is 7.10. The Morgan fingerprint density at radius 2 is 1.96 bits per heavy atom. The molecule has 2 aromatic heterocycles. The molecule has 0 atom stereocenters. The molecule has 0 aliphatic carbocycles. The Kier molecular flexibility index (Phi) is 3.37. The molecule has 7 nitrogen and oxygen atoms in total. The topological polar surface area (TPSA) is 107 Å².